The molecule has 1 heterocycles. The van der Waals surface area contributed by atoms with E-state index in [1.54, 1.807) is 0 Å². The van der Waals surface area contributed by atoms with Crippen LogP contribution in [0.2, 0.25) is 0 Å². The van der Waals surface area contributed by atoms with Gasteiger partial charge in [-0.15, -0.1) is 0 Å². The summed E-state index contributed by atoms with van der Waals surface area (Å²) >= 11 is 0. The molecule has 0 bridgehead atoms. The lowest BCUT2D eigenvalue weighted by Crippen LogP contribution is -2.48. The quantitative estimate of drug-likeness (QED) is 0.790. The first-order valence-electron chi connectivity index (χ1n) is 6.98. The number of likely N-dealkylation sites (N-methyl/N-ethyl adjacent to an activating group) is 1. The number of hydrogen-bond acceptors (Lipinski definition) is 3. The van der Waals surface area contributed by atoms with Crippen LogP contribution in [0, 0.1) is 0 Å². The second kappa shape index (κ2) is 7.05. The van der Waals surface area contributed by atoms with Crippen LogP contribution in [0.1, 0.15) is 18.4 Å². The monoisotopic (exact) mass is 275 g/mol. The molecule has 5 heteroatoms. The van der Waals surface area contributed by atoms with Gasteiger partial charge in [0.15, 0.2) is 0 Å². The van der Waals surface area contributed by atoms with Crippen LogP contribution in [0.5, 0.6) is 0 Å². The van der Waals surface area contributed by atoms with E-state index in [4.69, 9.17) is 0 Å². The molecule has 108 valence electrons. The van der Waals surface area contributed by atoms with Crippen molar-refractivity contribution < 1.29 is 9.59 Å². The van der Waals surface area contributed by atoms with Crippen LogP contribution in [0.25, 0.3) is 0 Å². The highest BCUT2D eigenvalue weighted by Crippen LogP contribution is 2.13. The van der Waals surface area contributed by atoms with E-state index in [1.165, 1.54) is 12.6 Å². The molecule has 0 aliphatic carbocycles. The molecule has 2 rings (SSSR count). The molecule has 1 saturated heterocycles. The molecule has 0 unspecified atom stereocenters. The third kappa shape index (κ3) is 4.06. The van der Waals surface area contributed by atoms with Crippen molar-refractivity contribution in [3.8, 4) is 0 Å². The van der Waals surface area contributed by atoms with Gasteiger partial charge in [0.1, 0.15) is 0 Å². The number of nitrogens with one attached hydrogen (secondary N) is 2. The number of piperidine rings is 1. The van der Waals surface area contributed by atoms with Crippen molar-refractivity contribution in [2.75, 3.05) is 20.1 Å². The summed E-state index contributed by atoms with van der Waals surface area (Å²) in [5.41, 5.74) is 1.31. The van der Waals surface area contributed by atoms with Crippen LogP contribution in [-0.4, -0.2) is 42.9 Å². The standard InChI is InChI=1S/C15H21N3O2/c1-16-14(19)15(20)17-13-7-9-18(10-8-13)11-12-5-3-2-4-6-12/h2-6,13H,7-11H2,1H3,(H,16,19)(H,17,20). The number of benzene rings is 1. The Hall–Kier alpha value is -1.88. The second-order valence-electron chi connectivity index (χ2n) is 5.09. The molecule has 0 radical (unpaired) electrons. The van der Waals surface area contributed by atoms with E-state index in [0.29, 0.717) is 0 Å². The Morgan fingerprint density at radius 1 is 1.15 bits per heavy atom. The van der Waals surface area contributed by atoms with E-state index in [0.717, 1.165) is 32.5 Å². The summed E-state index contributed by atoms with van der Waals surface area (Å²) in [6.07, 6.45) is 1.77. The van der Waals surface area contributed by atoms with Crippen molar-refractivity contribution in [1.82, 2.24) is 15.5 Å². The Morgan fingerprint density at radius 3 is 2.40 bits per heavy atom. The molecule has 0 saturated carbocycles. The lowest BCUT2D eigenvalue weighted by atomic mass is 10.0. The van der Waals surface area contributed by atoms with Gasteiger partial charge in [0.25, 0.3) is 0 Å². The summed E-state index contributed by atoms with van der Waals surface area (Å²) in [7, 11) is 1.46. The molecule has 5 nitrogen and oxygen atoms in total. The van der Waals surface area contributed by atoms with Gasteiger partial charge in [0.2, 0.25) is 0 Å². The molecule has 0 atom stereocenters. The van der Waals surface area contributed by atoms with Crippen LogP contribution < -0.4 is 10.6 Å². The van der Waals surface area contributed by atoms with E-state index in [1.807, 2.05) is 18.2 Å². The Bertz CT molecular complexity index is 453. The molecule has 2 amide bonds. The van der Waals surface area contributed by atoms with Crippen molar-refractivity contribution in [1.29, 1.82) is 0 Å². The highest BCUT2D eigenvalue weighted by atomic mass is 16.2. The third-order valence-electron chi connectivity index (χ3n) is 3.61. The molecular weight excluding hydrogens is 254 g/mol. The number of likely N-dealkylation sites (tertiary alicyclic amines) is 1. The van der Waals surface area contributed by atoms with Gasteiger partial charge < -0.3 is 10.6 Å². The normalized spacial score (nSPS) is 16.6. The minimum absolute atomic E-state index is 0.104. The second-order valence-corrected chi connectivity index (χ2v) is 5.09. The number of rotatable bonds is 3. The average Bonchev–Trinajstić information content (AvgIpc) is 2.49. The maximum absolute atomic E-state index is 11.5. The summed E-state index contributed by atoms with van der Waals surface area (Å²) in [5.74, 6) is -1.11. The molecule has 0 aromatic heterocycles. The summed E-state index contributed by atoms with van der Waals surface area (Å²) < 4.78 is 0. The zero-order valence-corrected chi connectivity index (χ0v) is 11.8. The predicted molar refractivity (Wildman–Crippen MR) is 77.0 cm³/mol. The highest BCUT2D eigenvalue weighted by Gasteiger charge is 2.22. The van der Waals surface area contributed by atoms with Crippen molar-refractivity contribution in [3.63, 3.8) is 0 Å². The fourth-order valence-electron chi connectivity index (χ4n) is 2.44. The van der Waals surface area contributed by atoms with Crippen LogP contribution in [0.15, 0.2) is 30.3 Å². The molecule has 2 N–H and O–H groups in total. The van der Waals surface area contributed by atoms with Gasteiger partial charge in [0, 0.05) is 32.7 Å². The molecule has 1 aromatic carbocycles. The first-order chi connectivity index (χ1) is 9.69. The van der Waals surface area contributed by atoms with Crippen molar-refractivity contribution in [3.05, 3.63) is 35.9 Å². The third-order valence-corrected chi connectivity index (χ3v) is 3.61. The molecule has 1 aliphatic heterocycles. The van der Waals surface area contributed by atoms with Crippen LogP contribution in [0.3, 0.4) is 0 Å². The minimum Gasteiger partial charge on any atom is -0.351 e. The van der Waals surface area contributed by atoms with Crippen molar-refractivity contribution in [2.45, 2.75) is 25.4 Å². The van der Waals surface area contributed by atoms with Crippen molar-refractivity contribution >= 4 is 11.8 Å². The van der Waals surface area contributed by atoms with Gasteiger partial charge in [0.05, 0.1) is 0 Å². The van der Waals surface area contributed by atoms with E-state index < -0.39 is 11.8 Å². The number of nitrogens with zero attached hydrogens (tertiary/aromatic N) is 1. The zero-order chi connectivity index (χ0) is 14.4. The lowest BCUT2D eigenvalue weighted by molar-refractivity contribution is -0.139. The zero-order valence-electron chi connectivity index (χ0n) is 11.8. The largest absolute Gasteiger partial charge is 0.351 e. The van der Waals surface area contributed by atoms with Gasteiger partial charge >= 0.3 is 11.8 Å². The van der Waals surface area contributed by atoms with Crippen LogP contribution >= 0.6 is 0 Å². The Morgan fingerprint density at radius 2 is 1.80 bits per heavy atom. The molecule has 20 heavy (non-hydrogen) atoms. The number of hydrogen-bond donors (Lipinski definition) is 2. The summed E-state index contributed by atoms with van der Waals surface area (Å²) in [6.45, 7) is 2.82. The molecule has 0 spiro atoms. The minimum atomic E-state index is -0.572. The van der Waals surface area contributed by atoms with Crippen LogP contribution in [0.4, 0.5) is 0 Å². The Labute approximate surface area is 119 Å². The summed E-state index contributed by atoms with van der Waals surface area (Å²) in [5, 5.41) is 5.11. The number of carbonyl (C=O) groups excluding carboxylic acids is 2. The van der Waals surface area contributed by atoms with E-state index in [-0.39, 0.29) is 6.04 Å². The fourth-order valence-corrected chi connectivity index (χ4v) is 2.44. The van der Waals surface area contributed by atoms with Gasteiger partial charge in [-0.05, 0) is 18.4 Å². The molecule has 1 aliphatic rings. The predicted octanol–water partition coefficient (Wildman–Crippen LogP) is 0.513. The first kappa shape index (κ1) is 14.5. The maximum Gasteiger partial charge on any atom is 0.309 e. The first-order valence-corrected chi connectivity index (χ1v) is 6.98. The van der Waals surface area contributed by atoms with E-state index in [2.05, 4.69) is 27.7 Å². The molecule has 1 fully saturated rings. The SMILES string of the molecule is CNC(=O)C(=O)NC1CCN(Cc2ccccc2)CC1. The lowest BCUT2D eigenvalue weighted by Gasteiger charge is -2.32. The Balaban J connectivity index is 1.75. The average molecular weight is 275 g/mol. The number of amides is 2. The fraction of sp³-hybridized carbons (Fsp3) is 0.467. The summed E-state index contributed by atoms with van der Waals surface area (Å²) in [6, 6.07) is 10.5. The molecule has 1 aromatic rings. The molecular formula is C15H21N3O2. The van der Waals surface area contributed by atoms with E-state index >= 15 is 0 Å². The van der Waals surface area contributed by atoms with E-state index in [9.17, 15) is 9.59 Å². The van der Waals surface area contributed by atoms with Crippen LogP contribution in [-0.2, 0) is 16.1 Å². The van der Waals surface area contributed by atoms with Crippen molar-refractivity contribution in [2.24, 2.45) is 0 Å². The van der Waals surface area contributed by atoms with Gasteiger partial charge in [-0.1, -0.05) is 30.3 Å². The topological polar surface area (TPSA) is 61.4 Å². The van der Waals surface area contributed by atoms with Gasteiger partial charge in [-0.25, -0.2) is 0 Å². The Kier molecular flexibility index (Phi) is 5.12. The number of carbonyl (C=O) groups is 2. The maximum atomic E-state index is 11.5. The van der Waals surface area contributed by atoms with Gasteiger partial charge in [-0.2, -0.15) is 0 Å². The smallest absolute Gasteiger partial charge is 0.309 e. The summed E-state index contributed by atoms with van der Waals surface area (Å²) in [4.78, 5) is 25.0. The van der Waals surface area contributed by atoms with Gasteiger partial charge in [-0.3, -0.25) is 14.5 Å². The highest BCUT2D eigenvalue weighted by molar-refractivity contribution is 6.35.